The molecule has 0 amide bonds. The molecule has 3 nitrogen and oxygen atoms in total. The first-order valence-electron chi connectivity index (χ1n) is 7.77. The Morgan fingerprint density at radius 1 is 1.12 bits per heavy atom. The van der Waals surface area contributed by atoms with Gasteiger partial charge < -0.3 is 9.47 Å². The number of ether oxygens (including phenoxy) is 2. The predicted octanol–water partition coefficient (Wildman–Crippen LogP) is 4.41. The average molecular weight is 439 g/mol. The van der Waals surface area contributed by atoms with Gasteiger partial charge in [-0.25, -0.2) is 4.39 Å². The lowest BCUT2D eigenvalue weighted by atomic mass is 9.91. The Bertz CT molecular complexity index is 761. The maximum absolute atomic E-state index is 13.0. The molecule has 126 valence electrons. The average Bonchev–Trinajstić information content (AvgIpc) is 3.01. The van der Waals surface area contributed by atoms with E-state index < -0.39 is 0 Å². The minimum absolute atomic E-state index is 0. The number of halogens is 2. The number of hydrogen-bond acceptors (Lipinski definition) is 3. The molecule has 0 aliphatic carbocycles. The van der Waals surface area contributed by atoms with Crippen LogP contribution in [0.15, 0.2) is 42.5 Å². The lowest BCUT2D eigenvalue weighted by molar-refractivity contribution is 0.174. The lowest BCUT2D eigenvalue weighted by Crippen LogP contribution is -2.30. The second kappa shape index (κ2) is 7.11. The molecule has 0 spiro atoms. The second-order valence-corrected chi connectivity index (χ2v) is 5.99. The SMILES string of the molecule is CN1CCc2cc3c(cc2C1/C=C/c1ccc(F)cc1)OCO3.I. The number of nitrogens with zero attached hydrogens (tertiary/aromatic N) is 1. The van der Waals surface area contributed by atoms with E-state index in [-0.39, 0.29) is 35.8 Å². The first-order chi connectivity index (χ1) is 11.2. The zero-order valence-corrected chi connectivity index (χ0v) is 15.7. The molecule has 2 aromatic rings. The van der Waals surface area contributed by atoms with Crippen molar-refractivity contribution in [2.45, 2.75) is 12.5 Å². The Kier molecular flexibility index (Phi) is 5.10. The third kappa shape index (κ3) is 3.28. The Morgan fingerprint density at radius 2 is 1.83 bits per heavy atom. The zero-order chi connectivity index (χ0) is 15.8. The van der Waals surface area contributed by atoms with Crippen molar-refractivity contribution >= 4 is 30.1 Å². The van der Waals surface area contributed by atoms with Crippen molar-refractivity contribution in [3.8, 4) is 11.5 Å². The summed E-state index contributed by atoms with van der Waals surface area (Å²) in [6.45, 7) is 1.29. The second-order valence-electron chi connectivity index (χ2n) is 5.99. The molecule has 2 aliphatic heterocycles. The summed E-state index contributed by atoms with van der Waals surface area (Å²) in [6.07, 6.45) is 5.21. The van der Waals surface area contributed by atoms with Crippen LogP contribution in [0.25, 0.3) is 6.08 Å². The summed E-state index contributed by atoms with van der Waals surface area (Å²) in [5.74, 6) is 1.45. The van der Waals surface area contributed by atoms with E-state index in [1.807, 2.05) is 6.08 Å². The Hall–Kier alpha value is -1.60. The van der Waals surface area contributed by atoms with Crippen LogP contribution in [0, 0.1) is 5.82 Å². The standard InChI is InChI=1S/C19H18FNO2.HI/c1-21-9-8-14-10-18-19(23-12-22-18)11-16(14)17(21)7-4-13-2-5-15(20)6-3-13;/h2-7,10-11,17H,8-9,12H2,1H3;1H/b7-4+;. The van der Waals surface area contributed by atoms with Gasteiger partial charge in [0.1, 0.15) is 5.82 Å². The molecule has 24 heavy (non-hydrogen) atoms. The molecule has 0 fully saturated rings. The Balaban J connectivity index is 0.00000169. The lowest BCUT2D eigenvalue weighted by Gasteiger charge is -2.33. The van der Waals surface area contributed by atoms with E-state index in [9.17, 15) is 4.39 Å². The molecule has 1 unspecified atom stereocenters. The summed E-state index contributed by atoms with van der Waals surface area (Å²) < 4.78 is 24.0. The van der Waals surface area contributed by atoms with Crippen molar-refractivity contribution in [3.05, 3.63) is 65.0 Å². The molecule has 2 aliphatic rings. The largest absolute Gasteiger partial charge is 0.454 e. The fourth-order valence-corrected chi connectivity index (χ4v) is 3.19. The molecule has 1 atom stereocenters. The number of rotatable bonds is 2. The van der Waals surface area contributed by atoms with Crippen molar-refractivity contribution in [1.29, 1.82) is 0 Å². The minimum Gasteiger partial charge on any atom is -0.454 e. The van der Waals surface area contributed by atoms with Gasteiger partial charge in [-0.15, -0.1) is 24.0 Å². The van der Waals surface area contributed by atoms with Crippen LogP contribution in [0.2, 0.25) is 0 Å². The molecule has 0 aromatic heterocycles. The van der Waals surface area contributed by atoms with Crippen molar-refractivity contribution in [2.24, 2.45) is 0 Å². The maximum atomic E-state index is 13.0. The van der Waals surface area contributed by atoms with Crippen LogP contribution in [0.5, 0.6) is 11.5 Å². The topological polar surface area (TPSA) is 21.7 Å². The predicted molar refractivity (Wildman–Crippen MR) is 102 cm³/mol. The quantitative estimate of drug-likeness (QED) is 0.648. The van der Waals surface area contributed by atoms with Crippen LogP contribution >= 0.6 is 24.0 Å². The maximum Gasteiger partial charge on any atom is 0.231 e. The molecule has 4 rings (SSSR count). The summed E-state index contributed by atoms with van der Waals surface area (Å²) in [5, 5.41) is 0. The third-order valence-corrected chi connectivity index (χ3v) is 4.50. The molecular formula is C19H19FINO2. The first-order valence-corrected chi connectivity index (χ1v) is 7.77. The van der Waals surface area contributed by atoms with Crippen LogP contribution < -0.4 is 9.47 Å². The molecule has 5 heteroatoms. The molecule has 0 saturated heterocycles. The molecule has 0 radical (unpaired) electrons. The van der Waals surface area contributed by atoms with E-state index in [1.54, 1.807) is 12.1 Å². The van der Waals surface area contributed by atoms with Gasteiger partial charge in [-0.2, -0.15) is 0 Å². The molecule has 0 N–H and O–H groups in total. The van der Waals surface area contributed by atoms with Crippen LogP contribution in [0.3, 0.4) is 0 Å². The first kappa shape index (κ1) is 17.2. The van der Waals surface area contributed by atoms with Gasteiger partial charge in [-0.05, 0) is 54.4 Å². The van der Waals surface area contributed by atoms with E-state index in [0.717, 1.165) is 30.0 Å². The Morgan fingerprint density at radius 3 is 2.58 bits per heavy atom. The smallest absolute Gasteiger partial charge is 0.231 e. The van der Waals surface area contributed by atoms with Crippen LogP contribution in [0.4, 0.5) is 4.39 Å². The van der Waals surface area contributed by atoms with Gasteiger partial charge in [-0.3, -0.25) is 4.90 Å². The number of fused-ring (bicyclic) bond motifs is 2. The molecular weight excluding hydrogens is 420 g/mol. The fraction of sp³-hybridized carbons (Fsp3) is 0.263. The van der Waals surface area contributed by atoms with Gasteiger partial charge in [0.05, 0.1) is 6.04 Å². The van der Waals surface area contributed by atoms with Gasteiger partial charge in [0.15, 0.2) is 11.5 Å². The monoisotopic (exact) mass is 439 g/mol. The highest BCUT2D eigenvalue weighted by Gasteiger charge is 2.26. The third-order valence-electron chi connectivity index (χ3n) is 4.50. The normalized spacial score (nSPS) is 19.2. The van der Waals surface area contributed by atoms with Crippen LogP contribution in [0.1, 0.15) is 22.7 Å². The number of hydrogen-bond donors (Lipinski definition) is 0. The van der Waals surface area contributed by atoms with Crippen molar-refractivity contribution in [2.75, 3.05) is 20.4 Å². The highest BCUT2D eigenvalue weighted by molar-refractivity contribution is 14.0. The summed E-state index contributed by atoms with van der Waals surface area (Å²) >= 11 is 0. The summed E-state index contributed by atoms with van der Waals surface area (Å²) in [6, 6.07) is 10.9. The highest BCUT2D eigenvalue weighted by Crippen LogP contribution is 2.40. The van der Waals surface area contributed by atoms with Crippen molar-refractivity contribution in [3.63, 3.8) is 0 Å². The van der Waals surface area contributed by atoms with Gasteiger partial charge in [0.2, 0.25) is 6.79 Å². The Labute approximate surface area is 158 Å². The molecule has 0 bridgehead atoms. The van der Waals surface area contributed by atoms with Gasteiger partial charge in [-0.1, -0.05) is 24.3 Å². The van der Waals surface area contributed by atoms with E-state index >= 15 is 0 Å². The van der Waals surface area contributed by atoms with Crippen molar-refractivity contribution < 1.29 is 13.9 Å². The summed E-state index contributed by atoms with van der Waals surface area (Å²) in [4.78, 5) is 2.31. The van der Waals surface area contributed by atoms with Crippen LogP contribution in [-0.2, 0) is 6.42 Å². The minimum atomic E-state index is -0.213. The highest BCUT2D eigenvalue weighted by atomic mass is 127. The fourth-order valence-electron chi connectivity index (χ4n) is 3.19. The van der Waals surface area contributed by atoms with Gasteiger partial charge in [0.25, 0.3) is 0 Å². The van der Waals surface area contributed by atoms with Crippen LogP contribution in [-0.4, -0.2) is 25.3 Å². The van der Waals surface area contributed by atoms with E-state index in [0.29, 0.717) is 6.79 Å². The molecule has 2 aromatic carbocycles. The summed E-state index contributed by atoms with van der Waals surface area (Å²) in [5.41, 5.74) is 3.55. The number of benzene rings is 2. The van der Waals surface area contributed by atoms with E-state index in [1.165, 1.54) is 23.3 Å². The molecule has 2 heterocycles. The van der Waals surface area contributed by atoms with E-state index in [4.69, 9.17) is 9.47 Å². The van der Waals surface area contributed by atoms with Crippen molar-refractivity contribution in [1.82, 2.24) is 4.90 Å². The zero-order valence-electron chi connectivity index (χ0n) is 13.4. The molecule has 0 saturated carbocycles. The van der Waals surface area contributed by atoms with E-state index in [2.05, 4.69) is 30.2 Å². The van der Waals surface area contributed by atoms with Gasteiger partial charge >= 0.3 is 0 Å². The summed E-state index contributed by atoms with van der Waals surface area (Å²) in [7, 11) is 2.12. The van der Waals surface area contributed by atoms with Gasteiger partial charge in [0, 0.05) is 6.54 Å². The number of likely N-dealkylation sites (N-methyl/N-ethyl adjacent to an activating group) is 1.